The molecule has 2 aromatic carbocycles. The van der Waals surface area contributed by atoms with Gasteiger partial charge in [0.1, 0.15) is 5.75 Å². The van der Waals surface area contributed by atoms with Gasteiger partial charge in [-0.2, -0.15) is 0 Å². The molecule has 0 aliphatic rings. The van der Waals surface area contributed by atoms with E-state index in [1.165, 1.54) is 6.26 Å². The quantitative estimate of drug-likeness (QED) is 0.575. The highest BCUT2D eigenvalue weighted by molar-refractivity contribution is 7.90. The van der Waals surface area contributed by atoms with Crippen molar-refractivity contribution in [2.24, 2.45) is 0 Å². The standard InChI is InChI=1S/C25H27NO4S/c1-25(2,3)21-16-19(20-10-8-14-26-24(20)27)15-18(23(21)30-4)13-12-17-9-6-7-11-22(17)31(5,28)29/h6-16H,1-5H3,(H,26,27). The summed E-state index contributed by atoms with van der Waals surface area (Å²) in [6.07, 6.45) is 6.39. The number of hydrogen-bond donors (Lipinski definition) is 1. The molecular formula is C25H27NO4S. The summed E-state index contributed by atoms with van der Waals surface area (Å²) in [5.41, 5.74) is 3.21. The maximum atomic E-state index is 12.4. The number of nitrogens with one attached hydrogen (secondary N) is 1. The third-order valence-electron chi connectivity index (χ3n) is 5.02. The second-order valence-corrected chi connectivity index (χ2v) is 10.4. The van der Waals surface area contributed by atoms with E-state index in [2.05, 4.69) is 25.8 Å². The number of rotatable bonds is 5. The fourth-order valence-electron chi connectivity index (χ4n) is 3.50. The van der Waals surface area contributed by atoms with Crippen LogP contribution in [0.5, 0.6) is 5.75 Å². The molecule has 0 atom stereocenters. The van der Waals surface area contributed by atoms with Crippen LogP contribution in [0.15, 0.2) is 64.4 Å². The highest BCUT2D eigenvalue weighted by atomic mass is 32.2. The van der Waals surface area contributed by atoms with Crippen molar-refractivity contribution in [3.8, 4) is 16.9 Å². The topological polar surface area (TPSA) is 76.2 Å². The van der Waals surface area contributed by atoms with E-state index in [-0.39, 0.29) is 15.9 Å². The van der Waals surface area contributed by atoms with Gasteiger partial charge in [-0.15, -0.1) is 0 Å². The van der Waals surface area contributed by atoms with Gasteiger partial charge in [0.05, 0.1) is 12.0 Å². The molecule has 0 aliphatic heterocycles. The second kappa shape index (κ2) is 8.55. The molecule has 5 nitrogen and oxygen atoms in total. The number of hydrogen-bond acceptors (Lipinski definition) is 4. The van der Waals surface area contributed by atoms with E-state index < -0.39 is 9.84 Å². The minimum Gasteiger partial charge on any atom is -0.496 e. The van der Waals surface area contributed by atoms with Crippen LogP contribution in [0.1, 0.15) is 37.5 Å². The molecule has 0 saturated carbocycles. The van der Waals surface area contributed by atoms with Crippen molar-refractivity contribution in [1.29, 1.82) is 0 Å². The van der Waals surface area contributed by atoms with Gasteiger partial charge >= 0.3 is 0 Å². The highest BCUT2D eigenvalue weighted by Crippen LogP contribution is 2.38. The van der Waals surface area contributed by atoms with Crippen LogP contribution in [-0.2, 0) is 15.3 Å². The average Bonchev–Trinajstić information content (AvgIpc) is 2.70. The van der Waals surface area contributed by atoms with Gasteiger partial charge in [0.2, 0.25) is 0 Å². The van der Waals surface area contributed by atoms with Crippen LogP contribution in [0.4, 0.5) is 0 Å². The van der Waals surface area contributed by atoms with E-state index in [4.69, 9.17) is 4.74 Å². The van der Waals surface area contributed by atoms with Crippen LogP contribution in [0.2, 0.25) is 0 Å². The molecular weight excluding hydrogens is 410 g/mol. The number of sulfone groups is 1. The molecule has 0 fully saturated rings. The molecule has 0 aliphatic carbocycles. The normalized spacial score (nSPS) is 12.3. The zero-order valence-electron chi connectivity index (χ0n) is 18.4. The first-order valence-electron chi connectivity index (χ1n) is 9.90. The van der Waals surface area contributed by atoms with Crippen molar-refractivity contribution in [3.05, 3.63) is 81.8 Å². The molecule has 0 amide bonds. The molecule has 0 radical (unpaired) electrons. The maximum Gasteiger partial charge on any atom is 0.255 e. The minimum absolute atomic E-state index is 0.176. The van der Waals surface area contributed by atoms with Gasteiger partial charge in [0, 0.05) is 29.1 Å². The molecule has 0 saturated heterocycles. The summed E-state index contributed by atoms with van der Waals surface area (Å²) in [7, 11) is -1.76. The Morgan fingerprint density at radius 2 is 1.65 bits per heavy atom. The lowest BCUT2D eigenvalue weighted by atomic mass is 9.83. The van der Waals surface area contributed by atoms with E-state index in [0.29, 0.717) is 16.9 Å². The fraction of sp³-hybridized carbons (Fsp3) is 0.240. The predicted molar refractivity (Wildman–Crippen MR) is 126 cm³/mol. The number of methoxy groups -OCH3 is 1. The summed E-state index contributed by atoms with van der Waals surface area (Å²) < 4.78 is 30.1. The summed E-state index contributed by atoms with van der Waals surface area (Å²) in [6.45, 7) is 6.24. The Hall–Kier alpha value is -3.12. The van der Waals surface area contributed by atoms with Crippen molar-refractivity contribution >= 4 is 22.0 Å². The summed E-state index contributed by atoms with van der Waals surface area (Å²) in [5, 5.41) is 0. The van der Waals surface area contributed by atoms with Gasteiger partial charge in [-0.3, -0.25) is 4.79 Å². The lowest BCUT2D eigenvalue weighted by Gasteiger charge is -2.24. The Labute approximate surface area is 183 Å². The van der Waals surface area contributed by atoms with Gasteiger partial charge < -0.3 is 9.72 Å². The van der Waals surface area contributed by atoms with E-state index in [1.807, 2.05) is 18.2 Å². The molecule has 0 spiro atoms. The van der Waals surface area contributed by atoms with Crippen molar-refractivity contribution in [3.63, 3.8) is 0 Å². The molecule has 1 heterocycles. The zero-order chi connectivity index (χ0) is 22.8. The SMILES string of the molecule is COc1c(C=Cc2ccccc2S(C)(=O)=O)cc(-c2ccc[nH]c2=O)cc1C(C)(C)C. The first kappa shape index (κ1) is 22.6. The molecule has 0 bridgehead atoms. The summed E-state index contributed by atoms with van der Waals surface area (Å²) >= 11 is 0. The Bertz CT molecular complexity index is 1300. The van der Waals surface area contributed by atoms with Gasteiger partial charge in [-0.1, -0.05) is 51.1 Å². The maximum absolute atomic E-state index is 12.4. The molecule has 31 heavy (non-hydrogen) atoms. The van der Waals surface area contributed by atoms with Crippen LogP contribution in [-0.4, -0.2) is 26.8 Å². The van der Waals surface area contributed by atoms with E-state index in [0.717, 1.165) is 16.7 Å². The first-order chi connectivity index (χ1) is 14.5. The summed E-state index contributed by atoms with van der Waals surface area (Å²) in [5.74, 6) is 0.691. The third kappa shape index (κ3) is 4.97. The van der Waals surface area contributed by atoms with Crippen molar-refractivity contribution in [2.45, 2.75) is 31.1 Å². The minimum atomic E-state index is -3.37. The van der Waals surface area contributed by atoms with Crippen molar-refractivity contribution in [2.75, 3.05) is 13.4 Å². The van der Waals surface area contributed by atoms with Crippen LogP contribution < -0.4 is 10.3 Å². The van der Waals surface area contributed by atoms with Crippen molar-refractivity contribution in [1.82, 2.24) is 4.98 Å². The van der Waals surface area contributed by atoms with Crippen LogP contribution in [0.3, 0.4) is 0 Å². The largest absolute Gasteiger partial charge is 0.496 e. The molecule has 1 aromatic heterocycles. The van der Waals surface area contributed by atoms with Gasteiger partial charge in [-0.25, -0.2) is 8.42 Å². The van der Waals surface area contributed by atoms with Crippen LogP contribution in [0.25, 0.3) is 23.3 Å². The number of pyridine rings is 1. The number of benzene rings is 2. The lowest BCUT2D eigenvalue weighted by Crippen LogP contribution is -2.15. The Morgan fingerprint density at radius 1 is 0.968 bits per heavy atom. The Morgan fingerprint density at radius 3 is 2.26 bits per heavy atom. The lowest BCUT2D eigenvalue weighted by molar-refractivity contribution is 0.397. The first-order valence-corrected chi connectivity index (χ1v) is 11.8. The summed E-state index contributed by atoms with van der Waals surface area (Å²) in [6, 6.07) is 14.3. The molecule has 0 unspecified atom stereocenters. The van der Waals surface area contributed by atoms with E-state index >= 15 is 0 Å². The van der Waals surface area contributed by atoms with Gasteiger partial charge in [-0.05, 0) is 46.9 Å². The van der Waals surface area contributed by atoms with E-state index in [1.54, 1.807) is 55.8 Å². The summed E-state index contributed by atoms with van der Waals surface area (Å²) in [4.78, 5) is 15.4. The second-order valence-electron chi connectivity index (χ2n) is 8.45. The van der Waals surface area contributed by atoms with Crippen molar-refractivity contribution < 1.29 is 13.2 Å². The molecule has 3 rings (SSSR count). The molecule has 3 aromatic rings. The fourth-order valence-corrected chi connectivity index (χ4v) is 4.39. The molecule has 162 valence electrons. The third-order valence-corrected chi connectivity index (χ3v) is 6.19. The zero-order valence-corrected chi connectivity index (χ0v) is 19.2. The Kier molecular flexibility index (Phi) is 6.23. The van der Waals surface area contributed by atoms with Gasteiger partial charge in [0.25, 0.3) is 5.56 Å². The van der Waals surface area contributed by atoms with Crippen LogP contribution in [0, 0.1) is 0 Å². The highest BCUT2D eigenvalue weighted by Gasteiger charge is 2.23. The Balaban J connectivity index is 2.25. The van der Waals surface area contributed by atoms with Gasteiger partial charge in [0.15, 0.2) is 9.84 Å². The molecule has 6 heteroatoms. The smallest absolute Gasteiger partial charge is 0.255 e. The average molecular weight is 438 g/mol. The predicted octanol–water partition coefficient (Wildman–Crippen LogP) is 4.92. The number of ether oxygens (including phenoxy) is 1. The molecule has 1 N–H and O–H groups in total. The number of aromatic amines is 1. The number of aromatic nitrogens is 1. The van der Waals surface area contributed by atoms with E-state index in [9.17, 15) is 13.2 Å². The number of H-pyrrole nitrogens is 1. The van der Waals surface area contributed by atoms with Crippen LogP contribution >= 0.6 is 0 Å². The monoisotopic (exact) mass is 437 g/mol.